The molecule has 7 rings (SSSR count). The fourth-order valence-electron chi connectivity index (χ4n) is 6.96. The molecule has 0 saturated heterocycles. The minimum absolute atomic E-state index is 0.372. The Morgan fingerprint density at radius 2 is 0.823 bits per heavy atom. The maximum atomic E-state index is 6.25. The molecule has 12 heteroatoms. The van der Waals surface area contributed by atoms with Gasteiger partial charge in [0.25, 0.3) is 0 Å². The average molecular weight is 835 g/mol. The molecule has 3 aromatic heterocycles. The second-order valence-corrected chi connectivity index (χ2v) is 14.0. The van der Waals surface area contributed by atoms with Crippen molar-refractivity contribution in [2.45, 2.75) is 0 Å². The third kappa shape index (κ3) is 11.1. The van der Waals surface area contributed by atoms with E-state index in [0.29, 0.717) is 113 Å². The van der Waals surface area contributed by atoms with Gasteiger partial charge in [-0.15, -0.1) is 12.8 Å². The molecule has 2 aromatic carbocycles. The van der Waals surface area contributed by atoms with Gasteiger partial charge in [0.1, 0.15) is 24.7 Å². The van der Waals surface area contributed by atoms with E-state index in [-0.39, 0.29) is 0 Å². The Bertz CT molecular complexity index is 2450. The van der Waals surface area contributed by atoms with E-state index in [0.717, 1.165) is 55.7 Å². The SMILES string of the molecule is C#Cc1c2nc(c(-c3cccc(OCCOCCOCCOC)c3)c3ccc([nH]3)c(C#C)c3nc(c(-c4cccc(OCCOCCOCCOC)c4)c4ccc1[nH]4)C=C3)C=C2. The lowest BCUT2D eigenvalue weighted by molar-refractivity contribution is 0.0180. The number of terminal acetylenes is 2. The van der Waals surface area contributed by atoms with Gasteiger partial charge in [-0.1, -0.05) is 36.1 Å². The molecule has 5 aromatic rings. The Balaban J connectivity index is 1.24. The summed E-state index contributed by atoms with van der Waals surface area (Å²) in [4.78, 5) is 17.4. The summed E-state index contributed by atoms with van der Waals surface area (Å²) in [6.07, 6.45) is 20.3. The van der Waals surface area contributed by atoms with Gasteiger partial charge in [-0.2, -0.15) is 0 Å². The van der Waals surface area contributed by atoms with Crippen LogP contribution in [0.4, 0.5) is 0 Å². The minimum atomic E-state index is 0.372. The Kier molecular flexibility index (Phi) is 15.7. The van der Waals surface area contributed by atoms with Crippen molar-refractivity contribution in [1.29, 1.82) is 0 Å². The highest BCUT2D eigenvalue weighted by Crippen LogP contribution is 2.35. The molecule has 0 amide bonds. The Morgan fingerprint density at radius 1 is 0.452 bits per heavy atom. The van der Waals surface area contributed by atoms with Crippen LogP contribution in [-0.4, -0.2) is 113 Å². The van der Waals surface area contributed by atoms with Crippen molar-refractivity contribution in [3.8, 4) is 58.4 Å². The highest BCUT2D eigenvalue weighted by Gasteiger charge is 2.17. The van der Waals surface area contributed by atoms with Gasteiger partial charge in [0.05, 0.1) is 111 Å². The molecule has 0 atom stereocenters. The zero-order valence-corrected chi connectivity index (χ0v) is 35.0. The molecule has 0 spiro atoms. The smallest absolute Gasteiger partial charge is 0.120 e. The highest BCUT2D eigenvalue weighted by molar-refractivity contribution is 5.95. The number of rotatable bonds is 22. The molecule has 8 bridgehead atoms. The van der Waals surface area contributed by atoms with Crippen molar-refractivity contribution in [1.82, 2.24) is 19.9 Å². The number of hydrogen-bond acceptors (Lipinski definition) is 10. The highest BCUT2D eigenvalue weighted by atomic mass is 16.6. The standard InChI is InChI=1S/C50H50N4O8/c1-5-39-41-13-17-45(51-41)49(35-9-7-11-37(33-35)61-31-29-59-27-25-57-23-21-55-3)47-19-15-43(53-47)40(6-2)44-16-20-48(54-44)50(46-18-14-42(39)52-46)36-10-8-12-38(34-36)62-32-30-60-28-26-58-24-22-56-4/h1-2,7-20,33-34,51,54H,21-32H2,3-4H3. The third-order valence-electron chi connectivity index (χ3n) is 9.89. The number of nitrogens with zero attached hydrogens (tertiary/aromatic N) is 2. The molecular weight excluding hydrogens is 785 g/mol. The van der Waals surface area contributed by atoms with Crippen LogP contribution in [0.3, 0.4) is 0 Å². The summed E-state index contributed by atoms with van der Waals surface area (Å²) in [5, 5.41) is 0. The van der Waals surface area contributed by atoms with Crippen molar-refractivity contribution < 1.29 is 37.9 Å². The van der Waals surface area contributed by atoms with Gasteiger partial charge in [0.15, 0.2) is 0 Å². The molecule has 0 fully saturated rings. The number of aromatic nitrogens is 4. The number of hydrogen-bond donors (Lipinski definition) is 2. The second kappa shape index (κ2) is 22.4. The first-order valence-electron chi connectivity index (χ1n) is 20.4. The second-order valence-electron chi connectivity index (χ2n) is 14.0. The van der Waals surface area contributed by atoms with Crippen molar-refractivity contribution in [3.05, 3.63) is 107 Å². The molecule has 0 radical (unpaired) electrons. The van der Waals surface area contributed by atoms with Crippen molar-refractivity contribution in [2.75, 3.05) is 93.5 Å². The van der Waals surface area contributed by atoms with Crippen LogP contribution in [0.2, 0.25) is 0 Å². The number of benzene rings is 2. The van der Waals surface area contributed by atoms with E-state index in [1.54, 1.807) is 14.2 Å². The van der Waals surface area contributed by atoms with Crippen molar-refractivity contribution in [2.24, 2.45) is 0 Å². The maximum absolute atomic E-state index is 6.25. The molecule has 62 heavy (non-hydrogen) atoms. The zero-order chi connectivity index (χ0) is 42.9. The first kappa shape index (κ1) is 43.6. The van der Waals surface area contributed by atoms with Gasteiger partial charge in [0.2, 0.25) is 0 Å². The van der Waals surface area contributed by atoms with E-state index < -0.39 is 0 Å². The molecule has 2 aliphatic rings. The quantitative estimate of drug-likeness (QED) is 0.0511. The summed E-state index contributed by atoms with van der Waals surface area (Å²) in [5.41, 5.74) is 10.5. The monoisotopic (exact) mass is 834 g/mol. The van der Waals surface area contributed by atoms with Crippen LogP contribution < -0.4 is 9.47 Å². The Labute approximate surface area is 361 Å². The molecule has 318 valence electrons. The largest absolute Gasteiger partial charge is 0.491 e. The van der Waals surface area contributed by atoms with Gasteiger partial charge in [0, 0.05) is 36.4 Å². The van der Waals surface area contributed by atoms with Crippen molar-refractivity contribution >= 4 is 46.4 Å². The van der Waals surface area contributed by atoms with E-state index in [1.165, 1.54) is 0 Å². The average Bonchev–Trinajstić information content (AvgIpc) is 4.14. The number of H-pyrrole nitrogens is 2. The third-order valence-corrected chi connectivity index (χ3v) is 9.89. The minimum Gasteiger partial charge on any atom is -0.491 e. The fourth-order valence-corrected chi connectivity index (χ4v) is 6.96. The van der Waals surface area contributed by atoms with E-state index in [4.69, 9.17) is 60.7 Å². The van der Waals surface area contributed by atoms with Gasteiger partial charge >= 0.3 is 0 Å². The van der Waals surface area contributed by atoms with E-state index in [9.17, 15) is 0 Å². The zero-order valence-electron chi connectivity index (χ0n) is 35.0. The number of aromatic amines is 2. The van der Waals surface area contributed by atoms with Crippen LogP contribution in [0.15, 0.2) is 72.8 Å². The predicted molar refractivity (Wildman–Crippen MR) is 244 cm³/mol. The van der Waals surface area contributed by atoms with Gasteiger partial charge in [-0.25, -0.2) is 9.97 Å². The number of fused-ring (bicyclic) bond motifs is 8. The molecule has 0 saturated carbocycles. The van der Waals surface area contributed by atoms with Gasteiger partial charge < -0.3 is 47.9 Å². The van der Waals surface area contributed by atoms with Gasteiger partial charge in [-0.3, -0.25) is 0 Å². The number of ether oxygens (including phenoxy) is 8. The summed E-state index contributed by atoms with van der Waals surface area (Å²) < 4.78 is 44.6. The van der Waals surface area contributed by atoms with E-state index in [2.05, 4.69) is 21.8 Å². The first-order valence-corrected chi connectivity index (χ1v) is 20.4. The lowest BCUT2D eigenvalue weighted by atomic mass is 10.0. The molecule has 5 heterocycles. The van der Waals surface area contributed by atoms with E-state index >= 15 is 0 Å². The lowest BCUT2D eigenvalue weighted by Crippen LogP contribution is -2.12. The normalized spacial score (nSPS) is 11.7. The predicted octanol–water partition coefficient (Wildman–Crippen LogP) is 8.07. The lowest BCUT2D eigenvalue weighted by Gasteiger charge is -2.10. The molecule has 2 N–H and O–H groups in total. The van der Waals surface area contributed by atoms with Gasteiger partial charge in [-0.05, 0) is 84.0 Å². The molecule has 12 nitrogen and oxygen atoms in total. The van der Waals surface area contributed by atoms with Crippen LogP contribution in [0, 0.1) is 24.7 Å². The summed E-state index contributed by atoms with van der Waals surface area (Å²) >= 11 is 0. The number of nitrogens with one attached hydrogen (secondary N) is 2. The summed E-state index contributed by atoms with van der Waals surface area (Å²) in [7, 11) is 3.29. The van der Waals surface area contributed by atoms with Crippen LogP contribution in [0.5, 0.6) is 11.5 Å². The van der Waals surface area contributed by atoms with Crippen LogP contribution >= 0.6 is 0 Å². The van der Waals surface area contributed by atoms with E-state index in [1.807, 2.05) is 97.1 Å². The van der Waals surface area contributed by atoms with Crippen LogP contribution in [0.1, 0.15) is 33.9 Å². The maximum Gasteiger partial charge on any atom is 0.120 e. The summed E-state index contributed by atoms with van der Waals surface area (Å²) in [6.45, 7) is 5.66. The van der Waals surface area contributed by atoms with Crippen LogP contribution in [-0.2, 0) is 28.4 Å². The Hall–Kier alpha value is -6.48. The summed E-state index contributed by atoms with van der Waals surface area (Å²) in [6, 6.07) is 23.7. The number of methoxy groups -OCH3 is 2. The topological polar surface area (TPSA) is 131 Å². The molecular formula is C50H50N4O8. The molecule has 0 aliphatic carbocycles. The Morgan fingerprint density at radius 3 is 1.23 bits per heavy atom. The van der Waals surface area contributed by atoms with Crippen molar-refractivity contribution in [3.63, 3.8) is 0 Å². The fraction of sp³-hybridized carbons (Fsp3) is 0.280. The molecule has 2 aliphatic heterocycles. The summed E-state index contributed by atoms with van der Waals surface area (Å²) in [5.74, 6) is 7.18. The van der Waals surface area contributed by atoms with Crippen LogP contribution in [0.25, 0.3) is 68.6 Å². The molecule has 0 unspecified atom stereocenters. The first-order chi connectivity index (χ1) is 30.6.